The summed E-state index contributed by atoms with van der Waals surface area (Å²) in [6, 6.07) is 9.73. The maximum absolute atomic E-state index is 12.3. The number of halogens is 3. The first-order chi connectivity index (χ1) is 13.2. The molecule has 0 aliphatic carbocycles. The molecule has 1 aromatic heterocycles. The zero-order chi connectivity index (χ0) is 20.3. The third-order valence-electron chi connectivity index (χ3n) is 4.57. The molecule has 0 bridgehead atoms. The number of nitrogens with one attached hydrogen (secondary N) is 1. The van der Waals surface area contributed by atoms with Crippen LogP contribution in [0.3, 0.4) is 0 Å². The van der Waals surface area contributed by atoms with Gasteiger partial charge in [0, 0.05) is 38.1 Å². The van der Waals surface area contributed by atoms with Crippen molar-refractivity contribution in [1.29, 1.82) is 0 Å². The Bertz CT molecular complexity index is 827. The van der Waals surface area contributed by atoms with Crippen LogP contribution in [-0.4, -0.2) is 48.5 Å². The predicted molar refractivity (Wildman–Crippen MR) is 98.0 cm³/mol. The summed E-state index contributed by atoms with van der Waals surface area (Å²) in [7, 11) is 1.56. The van der Waals surface area contributed by atoms with Crippen molar-refractivity contribution in [3.05, 3.63) is 53.9 Å². The standard InChI is InChI=1S/C19H21F3N4O2/c1-13-10-26(15-3-5-16(6-4-15)28-19(20,21)22)12-25(13)11-14-7-8-24-17(9-14)18(27)23-2/h3-9,13H,10-12H2,1-2H3,(H,23,27). The predicted octanol–water partition coefficient (Wildman–Crippen LogP) is 3.01. The van der Waals surface area contributed by atoms with E-state index in [1.54, 1.807) is 31.4 Å². The number of anilines is 1. The molecule has 0 saturated carbocycles. The molecule has 1 saturated heterocycles. The van der Waals surface area contributed by atoms with Gasteiger partial charge in [-0.3, -0.25) is 14.7 Å². The van der Waals surface area contributed by atoms with Gasteiger partial charge in [-0.05, 0) is 48.9 Å². The van der Waals surface area contributed by atoms with E-state index in [2.05, 4.69) is 31.8 Å². The summed E-state index contributed by atoms with van der Waals surface area (Å²) >= 11 is 0. The van der Waals surface area contributed by atoms with Gasteiger partial charge in [0.15, 0.2) is 0 Å². The molecular formula is C19H21F3N4O2. The lowest BCUT2D eigenvalue weighted by Gasteiger charge is -2.21. The van der Waals surface area contributed by atoms with E-state index in [0.29, 0.717) is 18.9 Å². The summed E-state index contributed by atoms with van der Waals surface area (Å²) < 4.78 is 40.8. The highest BCUT2D eigenvalue weighted by atomic mass is 19.4. The van der Waals surface area contributed by atoms with Crippen LogP contribution in [0.1, 0.15) is 23.0 Å². The highest BCUT2D eigenvalue weighted by molar-refractivity contribution is 5.92. The quantitative estimate of drug-likeness (QED) is 0.845. The van der Waals surface area contributed by atoms with Crippen LogP contribution in [0, 0.1) is 0 Å². The van der Waals surface area contributed by atoms with Crippen molar-refractivity contribution >= 4 is 11.6 Å². The number of benzene rings is 1. The Morgan fingerprint density at radius 3 is 2.64 bits per heavy atom. The van der Waals surface area contributed by atoms with Crippen molar-refractivity contribution in [2.24, 2.45) is 0 Å². The van der Waals surface area contributed by atoms with Gasteiger partial charge in [0.1, 0.15) is 11.4 Å². The van der Waals surface area contributed by atoms with Gasteiger partial charge in [-0.25, -0.2) is 0 Å². The minimum absolute atomic E-state index is 0.237. The van der Waals surface area contributed by atoms with Crippen LogP contribution in [0.25, 0.3) is 0 Å². The second kappa shape index (κ2) is 8.05. The number of aromatic nitrogens is 1. The summed E-state index contributed by atoms with van der Waals surface area (Å²) in [5, 5.41) is 2.55. The number of carbonyl (C=O) groups excluding carboxylic acids is 1. The fourth-order valence-corrected chi connectivity index (χ4v) is 3.16. The van der Waals surface area contributed by atoms with Crippen LogP contribution in [0.15, 0.2) is 42.6 Å². The first-order valence-electron chi connectivity index (χ1n) is 8.77. The highest BCUT2D eigenvalue weighted by Gasteiger charge is 2.31. The number of ether oxygens (including phenoxy) is 1. The number of nitrogens with zero attached hydrogens (tertiary/aromatic N) is 3. The third-order valence-corrected chi connectivity index (χ3v) is 4.57. The van der Waals surface area contributed by atoms with E-state index in [1.165, 1.54) is 12.1 Å². The number of carbonyl (C=O) groups is 1. The minimum atomic E-state index is -4.70. The Balaban J connectivity index is 1.65. The third kappa shape index (κ3) is 4.92. The lowest BCUT2D eigenvalue weighted by Crippen LogP contribution is -2.28. The second-order valence-electron chi connectivity index (χ2n) is 6.63. The Morgan fingerprint density at radius 1 is 1.29 bits per heavy atom. The Hall–Kier alpha value is -2.81. The lowest BCUT2D eigenvalue weighted by atomic mass is 10.2. The normalized spacial score (nSPS) is 17.6. The summed E-state index contributed by atoms with van der Waals surface area (Å²) in [5.74, 6) is -0.474. The average Bonchev–Trinajstić information content (AvgIpc) is 3.01. The molecule has 1 fully saturated rings. The molecular weight excluding hydrogens is 373 g/mol. The summed E-state index contributed by atoms with van der Waals surface area (Å²) in [5.41, 5.74) is 2.16. The minimum Gasteiger partial charge on any atom is -0.406 e. The molecule has 150 valence electrons. The number of hydrogen-bond donors (Lipinski definition) is 1. The van der Waals surface area contributed by atoms with E-state index in [9.17, 15) is 18.0 Å². The van der Waals surface area contributed by atoms with Crippen molar-refractivity contribution in [1.82, 2.24) is 15.2 Å². The summed E-state index contributed by atoms with van der Waals surface area (Å²) in [6.07, 6.45) is -3.09. The molecule has 2 heterocycles. The molecule has 1 atom stereocenters. The SMILES string of the molecule is CNC(=O)c1cc(CN2CN(c3ccc(OC(F)(F)F)cc3)CC2C)ccn1. The average molecular weight is 394 g/mol. The van der Waals surface area contributed by atoms with Crippen LogP contribution < -0.4 is 15.0 Å². The topological polar surface area (TPSA) is 57.7 Å². The smallest absolute Gasteiger partial charge is 0.406 e. The van der Waals surface area contributed by atoms with Gasteiger partial charge < -0.3 is 15.0 Å². The van der Waals surface area contributed by atoms with E-state index in [0.717, 1.165) is 17.8 Å². The molecule has 1 unspecified atom stereocenters. The molecule has 9 heteroatoms. The summed E-state index contributed by atoms with van der Waals surface area (Å²) in [6.45, 7) is 4.09. The zero-order valence-corrected chi connectivity index (χ0v) is 15.5. The van der Waals surface area contributed by atoms with Crippen molar-refractivity contribution < 1.29 is 22.7 Å². The Morgan fingerprint density at radius 2 is 2.00 bits per heavy atom. The number of pyridine rings is 1. The first-order valence-corrected chi connectivity index (χ1v) is 8.77. The zero-order valence-electron chi connectivity index (χ0n) is 15.5. The van der Waals surface area contributed by atoms with Crippen molar-refractivity contribution in [3.63, 3.8) is 0 Å². The molecule has 6 nitrogen and oxygen atoms in total. The van der Waals surface area contributed by atoms with Gasteiger partial charge in [0.05, 0.1) is 6.67 Å². The fraction of sp³-hybridized carbons (Fsp3) is 0.368. The van der Waals surface area contributed by atoms with Gasteiger partial charge in [-0.2, -0.15) is 0 Å². The van der Waals surface area contributed by atoms with Crippen molar-refractivity contribution in [2.45, 2.75) is 25.9 Å². The largest absolute Gasteiger partial charge is 0.573 e. The van der Waals surface area contributed by atoms with Crippen molar-refractivity contribution in [2.75, 3.05) is 25.2 Å². The second-order valence-corrected chi connectivity index (χ2v) is 6.63. The Kier molecular flexibility index (Phi) is 5.73. The molecule has 0 spiro atoms. The van der Waals surface area contributed by atoms with E-state index in [-0.39, 0.29) is 17.7 Å². The molecule has 1 N–H and O–H groups in total. The van der Waals surface area contributed by atoms with Crippen LogP contribution in [0.5, 0.6) is 5.75 Å². The number of rotatable bonds is 5. The summed E-state index contributed by atoms with van der Waals surface area (Å²) in [4.78, 5) is 20.1. The maximum atomic E-state index is 12.3. The van der Waals surface area contributed by atoms with Gasteiger partial charge >= 0.3 is 6.36 Å². The highest BCUT2D eigenvalue weighted by Crippen LogP contribution is 2.28. The monoisotopic (exact) mass is 394 g/mol. The van der Waals surface area contributed by atoms with E-state index >= 15 is 0 Å². The van der Waals surface area contributed by atoms with E-state index in [4.69, 9.17) is 0 Å². The van der Waals surface area contributed by atoms with Crippen LogP contribution in [0.2, 0.25) is 0 Å². The van der Waals surface area contributed by atoms with Crippen molar-refractivity contribution in [3.8, 4) is 5.75 Å². The van der Waals surface area contributed by atoms with Crippen LogP contribution in [-0.2, 0) is 6.54 Å². The van der Waals surface area contributed by atoms with Gasteiger partial charge in [0.25, 0.3) is 5.91 Å². The molecule has 3 rings (SSSR count). The van der Waals surface area contributed by atoms with Gasteiger partial charge in [0.2, 0.25) is 0 Å². The molecule has 0 radical (unpaired) electrons. The van der Waals surface area contributed by atoms with Crippen LogP contribution >= 0.6 is 0 Å². The van der Waals surface area contributed by atoms with Gasteiger partial charge in [-0.15, -0.1) is 13.2 Å². The Labute approximate surface area is 160 Å². The van der Waals surface area contributed by atoms with E-state index < -0.39 is 6.36 Å². The fourth-order valence-electron chi connectivity index (χ4n) is 3.16. The molecule has 1 aromatic carbocycles. The molecule has 2 aromatic rings. The van der Waals surface area contributed by atoms with E-state index in [1.807, 2.05) is 6.07 Å². The van der Waals surface area contributed by atoms with Crippen LogP contribution in [0.4, 0.5) is 18.9 Å². The molecule has 1 amide bonds. The molecule has 1 aliphatic rings. The number of amides is 1. The first kappa shape index (κ1) is 19.9. The molecule has 1 aliphatic heterocycles. The molecule has 28 heavy (non-hydrogen) atoms. The maximum Gasteiger partial charge on any atom is 0.573 e. The van der Waals surface area contributed by atoms with Gasteiger partial charge in [-0.1, -0.05) is 0 Å². The number of alkyl halides is 3. The lowest BCUT2D eigenvalue weighted by molar-refractivity contribution is -0.274. The number of hydrogen-bond acceptors (Lipinski definition) is 5.